The van der Waals surface area contributed by atoms with E-state index in [0.717, 1.165) is 36.9 Å². The minimum atomic E-state index is 0.558. The molecule has 0 spiro atoms. The summed E-state index contributed by atoms with van der Waals surface area (Å²) in [4.78, 5) is 15.8. The summed E-state index contributed by atoms with van der Waals surface area (Å²) < 4.78 is 1.92. The van der Waals surface area contributed by atoms with Gasteiger partial charge in [-0.15, -0.1) is 0 Å². The van der Waals surface area contributed by atoms with Crippen LogP contribution >= 0.6 is 0 Å². The standard InChI is InChI=1S/C20H22N6/c1-2-22-20(26-12-9-16-6-3-4-8-18(16)26)24-14-17-7-5-10-23-19(17)25-13-11-21-15-25/h3-8,10-11,13,15H,2,9,12,14H2,1H3,(H,22,24). The average Bonchev–Trinajstić information content (AvgIpc) is 3.35. The Labute approximate surface area is 153 Å². The molecule has 0 saturated heterocycles. The zero-order valence-electron chi connectivity index (χ0n) is 14.8. The van der Waals surface area contributed by atoms with Gasteiger partial charge < -0.3 is 10.2 Å². The van der Waals surface area contributed by atoms with Crippen LogP contribution in [-0.2, 0) is 13.0 Å². The quantitative estimate of drug-likeness (QED) is 0.583. The van der Waals surface area contributed by atoms with Crippen LogP contribution in [0.5, 0.6) is 0 Å². The van der Waals surface area contributed by atoms with E-state index < -0.39 is 0 Å². The van der Waals surface area contributed by atoms with Crippen molar-refractivity contribution in [2.24, 2.45) is 4.99 Å². The van der Waals surface area contributed by atoms with Crippen LogP contribution in [0.4, 0.5) is 5.69 Å². The number of rotatable bonds is 4. The maximum atomic E-state index is 4.89. The lowest BCUT2D eigenvalue weighted by Gasteiger charge is -2.22. The Kier molecular flexibility index (Phi) is 4.64. The summed E-state index contributed by atoms with van der Waals surface area (Å²) >= 11 is 0. The molecule has 0 atom stereocenters. The number of hydrogen-bond donors (Lipinski definition) is 1. The van der Waals surface area contributed by atoms with Crippen molar-refractivity contribution in [1.29, 1.82) is 0 Å². The van der Waals surface area contributed by atoms with Crippen LogP contribution in [0.15, 0.2) is 66.3 Å². The highest BCUT2D eigenvalue weighted by Gasteiger charge is 2.22. The Bertz CT molecular complexity index is 900. The third-order valence-electron chi connectivity index (χ3n) is 4.49. The molecular weight excluding hydrogens is 324 g/mol. The first kappa shape index (κ1) is 16.3. The number of aliphatic imine (C=N–C) groups is 1. The first-order valence-corrected chi connectivity index (χ1v) is 8.93. The fourth-order valence-corrected chi connectivity index (χ4v) is 3.28. The van der Waals surface area contributed by atoms with Gasteiger partial charge in [-0.3, -0.25) is 4.57 Å². The molecule has 1 aliphatic rings. The topological polar surface area (TPSA) is 58.3 Å². The number of hydrogen-bond acceptors (Lipinski definition) is 3. The number of anilines is 1. The highest BCUT2D eigenvalue weighted by Crippen LogP contribution is 2.27. The van der Waals surface area contributed by atoms with E-state index in [1.54, 1.807) is 18.7 Å². The van der Waals surface area contributed by atoms with Gasteiger partial charge in [0.25, 0.3) is 0 Å². The Balaban J connectivity index is 1.63. The monoisotopic (exact) mass is 346 g/mol. The van der Waals surface area contributed by atoms with Crippen molar-refractivity contribution in [3.63, 3.8) is 0 Å². The summed E-state index contributed by atoms with van der Waals surface area (Å²) in [6.45, 7) is 4.44. The molecule has 1 aliphatic heterocycles. The van der Waals surface area contributed by atoms with Crippen LogP contribution in [0, 0.1) is 0 Å². The molecule has 0 unspecified atom stereocenters. The van der Waals surface area contributed by atoms with Gasteiger partial charge in [-0.1, -0.05) is 24.3 Å². The molecule has 6 heteroatoms. The van der Waals surface area contributed by atoms with Gasteiger partial charge in [0.2, 0.25) is 0 Å². The minimum Gasteiger partial charge on any atom is -0.356 e. The lowest BCUT2D eigenvalue weighted by Crippen LogP contribution is -2.40. The van der Waals surface area contributed by atoms with Gasteiger partial charge in [0.05, 0.1) is 6.54 Å². The first-order chi connectivity index (χ1) is 12.9. The molecule has 2 aromatic heterocycles. The summed E-state index contributed by atoms with van der Waals surface area (Å²) in [5.41, 5.74) is 3.68. The molecule has 132 valence electrons. The molecule has 3 aromatic rings. The molecule has 0 bridgehead atoms. The summed E-state index contributed by atoms with van der Waals surface area (Å²) in [5.74, 6) is 1.78. The molecule has 4 rings (SSSR count). The van der Waals surface area contributed by atoms with Crippen LogP contribution in [0.2, 0.25) is 0 Å². The van der Waals surface area contributed by atoms with E-state index in [1.165, 1.54) is 11.3 Å². The molecule has 0 saturated carbocycles. The number of para-hydroxylation sites is 1. The van der Waals surface area contributed by atoms with Crippen molar-refractivity contribution < 1.29 is 0 Å². The van der Waals surface area contributed by atoms with Crippen molar-refractivity contribution in [1.82, 2.24) is 19.9 Å². The predicted octanol–water partition coefficient (Wildman–Crippen LogP) is 2.80. The van der Waals surface area contributed by atoms with Crippen molar-refractivity contribution >= 4 is 11.6 Å². The van der Waals surface area contributed by atoms with Crippen molar-refractivity contribution in [2.75, 3.05) is 18.0 Å². The zero-order chi connectivity index (χ0) is 17.8. The van der Waals surface area contributed by atoms with Gasteiger partial charge in [-0.05, 0) is 31.0 Å². The number of guanidine groups is 1. The average molecular weight is 346 g/mol. The van der Waals surface area contributed by atoms with Crippen LogP contribution in [0.3, 0.4) is 0 Å². The number of pyridine rings is 1. The van der Waals surface area contributed by atoms with Crippen molar-refractivity contribution in [3.05, 3.63) is 72.4 Å². The smallest absolute Gasteiger partial charge is 0.198 e. The van der Waals surface area contributed by atoms with Gasteiger partial charge in [0, 0.05) is 42.9 Å². The highest BCUT2D eigenvalue weighted by molar-refractivity contribution is 5.97. The van der Waals surface area contributed by atoms with E-state index >= 15 is 0 Å². The van der Waals surface area contributed by atoms with E-state index in [1.807, 2.05) is 16.8 Å². The maximum Gasteiger partial charge on any atom is 0.198 e. The predicted molar refractivity (Wildman–Crippen MR) is 104 cm³/mol. The number of fused-ring (bicyclic) bond motifs is 1. The summed E-state index contributed by atoms with van der Waals surface area (Å²) in [6.07, 6.45) is 8.26. The molecule has 6 nitrogen and oxygen atoms in total. The van der Waals surface area contributed by atoms with E-state index in [-0.39, 0.29) is 0 Å². The molecule has 0 aliphatic carbocycles. The molecule has 1 N–H and O–H groups in total. The minimum absolute atomic E-state index is 0.558. The van der Waals surface area contributed by atoms with E-state index in [0.29, 0.717) is 6.54 Å². The number of aromatic nitrogens is 3. The third kappa shape index (κ3) is 3.18. The summed E-state index contributed by atoms with van der Waals surface area (Å²) in [6, 6.07) is 12.5. The molecule has 1 aromatic carbocycles. The second-order valence-electron chi connectivity index (χ2n) is 6.16. The van der Waals surface area contributed by atoms with E-state index in [9.17, 15) is 0 Å². The Hall–Kier alpha value is -3.15. The molecular formula is C20H22N6. The van der Waals surface area contributed by atoms with Gasteiger partial charge in [0.15, 0.2) is 5.96 Å². The van der Waals surface area contributed by atoms with Crippen LogP contribution < -0.4 is 10.2 Å². The molecule has 26 heavy (non-hydrogen) atoms. The second-order valence-corrected chi connectivity index (χ2v) is 6.16. The Morgan fingerprint density at radius 2 is 2.12 bits per heavy atom. The lowest BCUT2D eigenvalue weighted by atomic mass is 10.2. The third-order valence-corrected chi connectivity index (χ3v) is 4.49. The van der Waals surface area contributed by atoms with Gasteiger partial charge in [-0.2, -0.15) is 0 Å². The van der Waals surface area contributed by atoms with Gasteiger partial charge in [-0.25, -0.2) is 15.0 Å². The zero-order valence-corrected chi connectivity index (χ0v) is 14.8. The summed E-state index contributed by atoms with van der Waals surface area (Å²) in [7, 11) is 0. The van der Waals surface area contributed by atoms with Crippen LogP contribution in [0.1, 0.15) is 18.1 Å². The van der Waals surface area contributed by atoms with Crippen molar-refractivity contribution in [2.45, 2.75) is 19.9 Å². The van der Waals surface area contributed by atoms with E-state index in [4.69, 9.17) is 4.99 Å². The van der Waals surface area contributed by atoms with Crippen LogP contribution in [0.25, 0.3) is 5.82 Å². The Morgan fingerprint density at radius 3 is 2.96 bits per heavy atom. The van der Waals surface area contributed by atoms with Gasteiger partial charge >= 0.3 is 0 Å². The molecule has 0 amide bonds. The number of benzene rings is 1. The fourth-order valence-electron chi connectivity index (χ4n) is 3.28. The Morgan fingerprint density at radius 1 is 1.19 bits per heavy atom. The van der Waals surface area contributed by atoms with Crippen molar-refractivity contribution in [3.8, 4) is 5.82 Å². The number of imidazole rings is 1. The summed E-state index contributed by atoms with van der Waals surface area (Å²) in [5, 5.41) is 3.43. The van der Waals surface area contributed by atoms with Gasteiger partial charge in [0.1, 0.15) is 12.1 Å². The lowest BCUT2D eigenvalue weighted by molar-refractivity contribution is 0.872. The van der Waals surface area contributed by atoms with E-state index in [2.05, 4.69) is 57.4 Å². The first-order valence-electron chi connectivity index (χ1n) is 8.93. The highest BCUT2D eigenvalue weighted by atomic mass is 15.3. The fraction of sp³-hybridized carbons (Fsp3) is 0.250. The molecule has 3 heterocycles. The second kappa shape index (κ2) is 7.39. The number of nitrogens with one attached hydrogen (secondary N) is 1. The maximum absolute atomic E-state index is 4.89. The normalized spacial score (nSPS) is 13.7. The molecule has 0 radical (unpaired) electrons. The molecule has 0 fully saturated rings. The SMILES string of the molecule is CCNC(=NCc1cccnc1-n1ccnc1)N1CCc2ccccc21. The largest absolute Gasteiger partial charge is 0.356 e. The number of nitrogens with zero attached hydrogens (tertiary/aromatic N) is 5. The van der Waals surface area contributed by atoms with Crippen LogP contribution in [-0.4, -0.2) is 33.6 Å².